The Hall–Kier alpha value is -1.05. The summed E-state index contributed by atoms with van der Waals surface area (Å²) in [5.41, 5.74) is -0.358. The van der Waals surface area contributed by atoms with E-state index in [1.807, 2.05) is 6.92 Å². The second-order valence-electron chi connectivity index (χ2n) is 3.19. The number of carbonyl (C=O) groups is 1. The van der Waals surface area contributed by atoms with Crippen molar-refractivity contribution < 1.29 is 9.53 Å². The van der Waals surface area contributed by atoms with Gasteiger partial charge in [-0.1, -0.05) is 12.2 Å². The maximum Gasteiger partial charge on any atom is 0.316 e. The molecule has 0 radical (unpaired) electrons. The summed E-state index contributed by atoms with van der Waals surface area (Å²) >= 11 is 0. The number of hydrogen-bond donors (Lipinski definition) is 0. The zero-order valence-electron chi connectivity index (χ0n) is 7.38. The quantitative estimate of drug-likeness (QED) is 0.472. The highest BCUT2D eigenvalue weighted by Gasteiger charge is 2.53. The lowest BCUT2D eigenvalue weighted by Gasteiger charge is -2.44. The van der Waals surface area contributed by atoms with Crippen LogP contribution in [0.5, 0.6) is 0 Å². The van der Waals surface area contributed by atoms with Gasteiger partial charge in [-0.25, -0.2) is 0 Å². The number of carbonyl (C=O) groups excluding carboxylic acids is 1. The highest BCUT2D eigenvalue weighted by molar-refractivity contribution is 5.83. The predicted octanol–water partition coefficient (Wildman–Crippen LogP) is 2.07. The normalized spacial score (nSPS) is 25.4. The molecule has 0 aromatic heterocycles. The largest absolute Gasteiger partial charge is 0.461 e. The number of hydrogen-bond acceptors (Lipinski definition) is 2. The van der Waals surface area contributed by atoms with E-state index >= 15 is 0 Å². The second-order valence-corrected chi connectivity index (χ2v) is 3.19. The number of cyclic esters (lactones) is 1. The molecule has 0 N–H and O–H groups in total. The molecule has 1 fully saturated rings. The van der Waals surface area contributed by atoms with Crippen LogP contribution in [0.4, 0.5) is 0 Å². The topological polar surface area (TPSA) is 26.3 Å². The van der Waals surface area contributed by atoms with Crippen LogP contribution in [-0.4, -0.2) is 12.1 Å². The molecule has 1 unspecified atom stereocenters. The van der Waals surface area contributed by atoms with Gasteiger partial charge in [-0.05, 0) is 19.8 Å². The Balaban J connectivity index is 2.76. The van der Waals surface area contributed by atoms with Gasteiger partial charge in [0.15, 0.2) is 0 Å². The van der Waals surface area contributed by atoms with Crippen LogP contribution in [0.25, 0.3) is 0 Å². The Labute approximate surface area is 72.9 Å². The molecule has 1 atom stereocenters. The van der Waals surface area contributed by atoms with E-state index in [9.17, 15) is 4.79 Å². The molecule has 0 amide bonds. The lowest BCUT2D eigenvalue weighted by molar-refractivity contribution is -0.203. The van der Waals surface area contributed by atoms with Crippen LogP contribution >= 0.6 is 0 Å². The maximum absolute atomic E-state index is 11.2. The summed E-state index contributed by atoms with van der Waals surface area (Å²) in [6, 6.07) is 0. The van der Waals surface area contributed by atoms with E-state index in [0.717, 1.165) is 0 Å². The minimum atomic E-state index is -0.358. The van der Waals surface area contributed by atoms with Gasteiger partial charge in [0, 0.05) is 0 Å². The Morgan fingerprint density at radius 3 is 2.25 bits per heavy atom. The van der Waals surface area contributed by atoms with Gasteiger partial charge in [-0.3, -0.25) is 4.79 Å². The van der Waals surface area contributed by atoms with Gasteiger partial charge in [-0.15, -0.1) is 13.2 Å². The van der Waals surface area contributed by atoms with Crippen molar-refractivity contribution in [3.63, 3.8) is 0 Å². The first-order chi connectivity index (χ1) is 5.67. The van der Waals surface area contributed by atoms with Gasteiger partial charge < -0.3 is 4.74 Å². The summed E-state index contributed by atoms with van der Waals surface area (Å²) in [4.78, 5) is 11.2. The summed E-state index contributed by atoms with van der Waals surface area (Å²) < 4.78 is 4.93. The monoisotopic (exact) mass is 166 g/mol. The van der Waals surface area contributed by atoms with Crippen molar-refractivity contribution in [3.8, 4) is 0 Å². The van der Waals surface area contributed by atoms with Crippen LogP contribution in [0.1, 0.15) is 19.8 Å². The molecule has 2 heteroatoms. The average molecular weight is 166 g/mol. The van der Waals surface area contributed by atoms with Gasteiger partial charge in [0.25, 0.3) is 0 Å². The van der Waals surface area contributed by atoms with Crippen LogP contribution in [-0.2, 0) is 9.53 Å². The van der Waals surface area contributed by atoms with Gasteiger partial charge in [0.2, 0.25) is 0 Å². The average Bonchev–Trinajstić information content (AvgIpc) is 2.04. The lowest BCUT2D eigenvalue weighted by Crippen LogP contribution is -2.54. The SMILES string of the molecule is C=CCC1(CC=C)C(=O)OC1C. The van der Waals surface area contributed by atoms with Crippen LogP contribution < -0.4 is 0 Å². The predicted molar refractivity (Wildman–Crippen MR) is 47.6 cm³/mol. The molecular weight excluding hydrogens is 152 g/mol. The molecule has 0 bridgehead atoms. The molecule has 12 heavy (non-hydrogen) atoms. The van der Waals surface area contributed by atoms with Crippen molar-refractivity contribution in [1.82, 2.24) is 0 Å². The maximum atomic E-state index is 11.2. The molecule has 0 aromatic carbocycles. The van der Waals surface area contributed by atoms with E-state index < -0.39 is 0 Å². The summed E-state index contributed by atoms with van der Waals surface area (Å²) in [6.07, 6.45) is 4.89. The minimum absolute atomic E-state index is 0.000926. The summed E-state index contributed by atoms with van der Waals surface area (Å²) in [5, 5.41) is 0. The van der Waals surface area contributed by atoms with E-state index in [1.54, 1.807) is 12.2 Å². The standard InChI is InChI=1S/C10H14O2/c1-4-6-10(7-5-2)8(3)12-9(10)11/h4-5,8H,1-2,6-7H2,3H3. The van der Waals surface area contributed by atoms with Crippen molar-refractivity contribution in [2.75, 3.05) is 0 Å². The molecule has 0 aromatic rings. The molecule has 1 saturated heterocycles. The molecule has 1 aliphatic heterocycles. The van der Waals surface area contributed by atoms with Crippen molar-refractivity contribution >= 4 is 5.97 Å². The Bertz CT molecular complexity index is 208. The van der Waals surface area contributed by atoms with Crippen molar-refractivity contribution in [2.45, 2.75) is 25.9 Å². The van der Waals surface area contributed by atoms with Crippen LogP contribution in [0.3, 0.4) is 0 Å². The third kappa shape index (κ3) is 1.07. The zero-order chi connectivity index (χ0) is 9.19. The highest BCUT2D eigenvalue weighted by Crippen LogP contribution is 2.43. The van der Waals surface area contributed by atoms with E-state index in [1.165, 1.54) is 0 Å². The highest BCUT2D eigenvalue weighted by atomic mass is 16.6. The first-order valence-electron chi connectivity index (χ1n) is 4.10. The van der Waals surface area contributed by atoms with Gasteiger partial charge >= 0.3 is 5.97 Å². The fraction of sp³-hybridized carbons (Fsp3) is 0.500. The Kier molecular flexibility index (Phi) is 2.36. The molecule has 1 heterocycles. The molecular formula is C10H14O2. The number of ether oxygens (including phenoxy) is 1. The first-order valence-corrected chi connectivity index (χ1v) is 4.10. The molecule has 2 nitrogen and oxygen atoms in total. The zero-order valence-corrected chi connectivity index (χ0v) is 7.38. The number of allylic oxidation sites excluding steroid dienone is 2. The first kappa shape index (κ1) is 9.04. The third-order valence-electron chi connectivity index (χ3n) is 2.49. The van der Waals surface area contributed by atoms with E-state index in [2.05, 4.69) is 13.2 Å². The third-order valence-corrected chi connectivity index (χ3v) is 2.49. The molecule has 1 rings (SSSR count). The van der Waals surface area contributed by atoms with Crippen LogP contribution in [0, 0.1) is 5.41 Å². The summed E-state index contributed by atoms with van der Waals surface area (Å²) in [7, 11) is 0. The second kappa shape index (κ2) is 3.13. The van der Waals surface area contributed by atoms with Crippen LogP contribution in [0.15, 0.2) is 25.3 Å². The van der Waals surface area contributed by atoms with Crippen LogP contribution in [0.2, 0.25) is 0 Å². The Morgan fingerprint density at radius 1 is 1.50 bits per heavy atom. The molecule has 0 spiro atoms. The summed E-state index contributed by atoms with van der Waals surface area (Å²) in [5.74, 6) is -0.116. The van der Waals surface area contributed by atoms with Gasteiger partial charge in [0.1, 0.15) is 11.5 Å². The van der Waals surface area contributed by atoms with Gasteiger partial charge in [-0.2, -0.15) is 0 Å². The number of rotatable bonds is 4. The smallest absolute Gasteiger partial charge is 0.316 e. The minimum Gasteiger partial charge on any atom is -0.461 e. The lowest BCUT2D eigenvalue weighted by atomic mass is 9.72. The number of esters is 1. The fourth-order valence-corrected chi connectivity index (χ4v) is 1.60. The summed E-state index contributed by atoms with van der Waals surface area (Å²) in [6.45, 7) is 9.18. The van der Waals surface area contributed by atoms with Crippen molar-refractivity contribution in [2.24, 2.45) is 5.41 Å². The molecule has 66 valence electrons. The Morgan fingerprint density at radius 2 is 2.00 bits per heavy atom. The van der Waals surface area contributed by atoms with Gasteiger partial charge in [0.05, 0.1) is 0 Å². The molecule has 0 saturated carbocycles. The van der Waals surface area contributed by atoms with E-state index in [0.29, 0.717) is 12.8 Å². The van der Waals surface area contributed by atoms with Crippen molar-refractivity contribution in [3.05, 3.63) is 25.3 Å². The van der Waals surface area contributed by atoms with E-state index in [4.69, 9.17) is 4.74 Å². The molecule has 1 aliphatic rings. The fourth-order valence-electron chi connectivity index (χ4n) is 1.60. The van der Waals surface area contributed by atoms with E-state index in [-0.39, 0.29) is 17.5 Å². The molecule has 0 aliphatic carbocycles. The van der Waals surface area contributed by atoms with Crippen molar-refractivity contribution in [1.29, 1.82) is 0 Å².